The summed E-state index contributed by atoms with van der Waals surface area (Å²) in [7, 11) is 3.67. The molecule has 2 rings (SSSR count). The van der Waals surface area contributed by atoms with Crippen LogP contribution >= 0.6 is 0 Å². The molecule has 1 fully saturated rings. The molecule has 0 atom stereocenters. The average molecular weight is 311 g/mol. The molecule has 6 heteroatoms. The van der Waals surface area contributed by atoms with Gasteiger partial charge >= 0.3 is 0 Å². The zero-order valence-corrected chi connectivity index (χ0v) is 13.1. The Balaban J connectivity index is 1.84. The number of amides is 1. The number of rotatable bonds is 5. The van der Waals surface area contributed by atoms with Gasteiger partial charge in [0.2, 0.25) is 5.91 Å². The number of halogens is 2. The molecule has 1 aromatic carbocycles. The fraction of sp³-hybridized carbons (Fsp3) is 0.562. The van der Waals surface area contributed by atoms with E-state index in [4.69, 9.17) is 0 Å². The van der Waals surface area contributed by atoms with Crippen LogP contribution in [0.2, 0.25) is 0 Å². The van der Waals surface area contributed by atoms with Crippen LogP contribution in [0.3, 0.4) is 0 Å². The Labute approximate surface area is 130 Å². The number of anilines is 1. The van der Waals surface area contributed by atoms with Crippen molar-refractivity contribution in [1.29, 1.82) is 0 Å². The Kier molecular flexibility index (Phi) is 5.71. The molecular formula is C16H23F2N3O. The first kappa shape index (κ1) is 16.7. The second-order valence-electron chi connectivity index (χ2n) is 5.72. The highest BCUT2D eigenvalue weighted by atomic mass is 19.2. The van der Waals surface area contributed by atoms with Crippen molar-refractivity contribution in [3.63, 3.8) is 0 Å². The van der Waals surface area contributed by atoms with E-state index in [1.54, 1.807) is 13.1 Å². The van der Waals surface area contributed by atoms with E-state index >= 15 is 0 Å². The molecule has 0 radical (unpaired) electrons. The van der Waals surface area contributed by atoms with Gasteiger partial charge in [-0.15, -0.1) is 0 Å². The number of nitrogens with zero attached hydrogens (tertiary/aromatic N) is 2. The molecule has 0 spiro atoms. The monoisotopic (exact) mass is 311 g/mol. The molecule has 1 saturated heterocycles. The van der Waals surface area contributed by atoms with Crippen LogP contribution in [0.1, 0.15) is 19.3 Å². The lowest BCUT2D eigenvalue weighted by Gasteiger charge is -2.37. The third-order valence-corrected chi connectivity index (χ3v) is 4.33. The van der Waals surface area contributed by atoms with Gasteiger partial charge in [0.1, 0.15) is 0 Å². The third kappa shape index (κ3) is 4.16. The normalized spacial score (nSPS) is 16.1. The minimum absolute atomic E-state index is 0.0473. The fourth-order valence-electron chi connectivity index (χ4n) is 2.83. The molecule has 0 bridgehead atoms. The summed E-state index contributed by atoms with van der Waals surface area (Å²) < 4.78 is 26.3. The van der Waals surface area contributed by atoms with Gasteiger partial charge in [-0.1, -0.05) is 0 Å². The van der Waals surface area contributed by atoms with Crippen molar-refractivity contribution >= 4 is 11.6 Å². The lowest BCUT2D eigenvalue weighted by Crippen LogP contribution is -2.44. The molecule has 0 unspecified atom stereocenters. The summed E-state index contributed by atoms with van der Waals surface area (Å²) in [6.07, 6.45) is 2.39. The highest BCUT2D eigenvalue weighted by molar-refractivity contribution is 5.75. The summed E-state index contributed by atoms with van der Waals surface area (Å²) >= 11 is 0. The molecule has 4 nitrogen and oxygen atoms in total. The Morgan fingerprint density at radius 3 is 2.59 bits per heavy atom. The molecule has 1 amide bonds. The zero-order valence-electron chi connectivity index (χ0n) is 13.1. The molecule has 122 valence electrons. The predicted molar refractivity (Wildman–Crippen MR) is 82.9 cm³/mol. The quantitative estimate of drug-likeness (QED) is 0.903. The Bertz CT molecular complexity index is 516. The molecule has 1 aliphatic rings. The molecule has 1 aliphatic heterocycles. The lowest BCUT2D eigenvalue weighted by molar-refractivity contribution is -0.121. The van der Waals surface area contributed by atoms with Crippen molar-refractivity contribution in [2.75, 3.05) is 38.6 Å². The minimum Gasteiger partial charge on any atom is -0.371 e. The summed E-state index contributed by atoms with van der Waals surface area (Å²) in [5.41, 5.74) is 0.727. The fourth-order valence-corrected chi connectivity index (χ4v) is 2.83. The van der Waals surface area contributed by atoms with E-state index in [0.717, 1.165) is 38.2 Å². The lowest BCUT2D eigenvalue weighted by atomic mass is 10.0. The van der Waals surface area contributed by atoms with E-state index in [2.05, 4.69) is 15.1 Å². The number of hydrogen-bond donors (Lipinski definition) is 1. The maximum absolute atomic E-state index is 13.3. The van der Waals surface area contributed by atoms with Crippen LogP contribution < -0.4 is 10.2 Å². The highest BCUT2D eigenvalue weighted by Crippen LogP contribution is 2.23. The summed E-state index contributed by atoms with van der Waals surface area (Å²) in [4.78, 5) is 15.6. The van der Waals surface area contributed by atoms with Crippen molar-refractivity contribution in [2.45, 2.75) is 25.3 Å². The third-order valence-electron chi connectivity index (χ3n) is 4.33. The maximum Gasteiger partial charge on any atom is 0.221 e. The Morgan fingerprint density at radius 2 is 2.00 bits per heavy atom. The first-order valence-corrected chi connectivity index (χ1v) is 7.62. The van der Waals surface area contributed by atoms with E-state index in [1.807, 2.05) is 7.05 Å². The number of benzene rings is 1. The first-order chi connectivity index (χ1) is 10.5. The standard InChI is InChI=1S/C16H23F2N3O/c1-19-16(22)7-8-20(2)12-5-9-21(10-6-12)13-3-4-14(17)15(18)11-13/h3-4,11-12H,5-10H2,1-2H3,(H,19,22). The van der Waals surface area contributed by atoms with Gasteiger partial charge in [0.15, 0.2) is 11.6 Å². The number of carbonyl (C=O) groups is 1. The molecule has 0 saturated carbocycles. The van der Waals surface area contributed by atoms with Crippen molar-refractivity contribution in [1.82, 2.24) is 10.2 Å². The van der Waals surface area contributed by atoms with Gasteiger partial charge in [-0.2, -0.15) is 0 Å². The van der Waals surface area contributed by atoms with Crippen LogP contribution in [0.25, 0.3) is 0 Å². The molecule has 22 heavy (non-hydrogen) atoms. The van der Waals surface area contributed by atoms with E-state index in [1.165, 1.54) is 12.1 Å². The molecule has 1 N–H and O–H groups in total. The van der Waals surface area contributed by atoms with Crippen molar-refractivity contribution in [3.8, 4) is 0 Å². The van der Waals surface area contributed by atoms with Crippen molar-refractivity contribution in [3.05, 3.63) is 29.8 Å². The molecule has 0 aromatic heterocycles. The molecule has 1 heterocycles. The topological polar surface area (TPSA) is 35.6 Å². The van der Waals surface area contributed by atoms with Gasteiger partial charge < -0.3 is 15.1 Å². The zero-order chi connectivity index (χ0) is 16.1. The van der Waals surface area contributed by atoms with E-state index in [0.29, 0.717) is 12.5 Å². The second kappa shape index (κ2) is 7.54. The second-order valence-corrected chi connectivity index (χ2v) is 5.72. The minimum atomic E-state index is -0.812. The van der Waals surface area contributed by atoms with E-state index in [-0.39, 0.29) is 5.91 Å². The summed E-state index contributed by atoms with van der Waals surface area (Å²) in [6, 6.07) is 4.47. The SMILES string of the molecule is CNC(=O)CCN(C)C1CCN(c2ccc(F)c(F)c2)CC1. The van der Waals surface area contributed by atoms with Crippen molar-refractivity contribution < 1.29 is 13.6 Å². The first-order valence-electron chi connectivity index (χ1n) is 7.62. The predicted octanol–water partition coefficient (Wildman–Crippen LogP) is 2.00. The highest BCUT2D eigenvalue weighted by Gasteiger charge is 2.23. The number of nitrogens with one attached hydrogen (secondary N) is 1. The number of piperidine rings is 1. The van der Waals surface area contributed by atoms with Gasteiger partial charge in [0.05, 0.1) is 0 Å². The van der Waals surface area contributed by atoms with Gasteiger partial charge in [0.25, 0.3) is 0 Å². The van der Waals surface area contributed by atoms with Crippen molar-refractivity contribution in [2.24, 2.45) is 0 Å². The van der Waals surface area contributed by atoms with Gasteiger partial charge in [-0.05, 0) is 32.0 Å². The molecule has 0 aliphatic carbocycles. The number of hydrogen-bond acceptors (Lipinski definition) is 3. The summed E-state index contributed by atoms with van der Waals surface area (Å²) in [6.45, 7) is 2.34. The Morgan fingerprint density at radius 1 is 1.32 bits per heavy atom. The van der Waals surface area contributed by atoms with Crippen LogP contribution in [-0.4, -0.2) is 50.6 Å². The number of carbonyl (C=O) groups excluding carboxylic acids is 1. The van der Waals surface area contributed by atoms with Gasteiger partial charge in [0, 0.05) is 50.9 Å². The van der Waals surface area contributed by atoms with Gasteiger partial charge in [-0.3, -0.25) is 4.79 Å². The van der Waals surface area contributed by atoms with E-state index < -0.39 is 11.6 Å². The van der Waals surface area contributed by atoms with Crippen LogP contribution in [0.4, 0.5) is 14.5 Å². The Hall–Kier alpha value is -1.69. The summed E-state index contributed by atoms with van der Waals surface area (Å²) in [5.74, 6) is -1.57. The van der Waals surface area contributed by atoms with Crippen LogP contribution in [-0.2, 0) is 4.79 Å². The largest absolute Gasteiger partial charge is 0.371 e. The van der Waals surface area contributed by atoms with Crippen LogP contribution in [0, 0.1) is 11.6 Å². The summed E-state index contributed by atoms with van der Waals surface area (Å²) in [5, 5.41) is 2.62. The maximum atomic E-state index is 13.3. The van der Waals surface area contributed by atoms with Crippen LogP contribution in [0.5, 0.6) is 0 Å². The average Bonchev–Trinajstić information content (AvgIpc) is 2.55. The van der Waals surface area contributed by atoms with Gasteiger partial charge in [-0.25, -0.2) is 8.78 Å². The van der Waals surface area contributed by atoms with Crippen LogP contribution in [0.15, 0.2) is 18.2 Å². The van der Waals surface area contributed by atoms with E-state index in [9.17, 15) is 13.6 Å². The molecular weight excluding hydrogens is 288 g/mol. The smallest absolute Gasteiger partial charge is 0.221 e. The molecule has 1 aromatic rings.